The van der Waals surface area contributed by atoms with Gasteiger partial charge in [-0.2, -0.15) is 0 Å². The van der Waals surface area contributed by atoms with Crippen LogP contribution in [0.1, 0.15) is 15.9 Å². The maximum Gasteiger partial charge on any atom is 0.254 e. The largest absolute Gasteiger partial charge is 0.454 e. The van der Waals surface area contributed by atoms with Crippen molar-refractivity contribution in [1.29, 1.82) is 0 Å². The Hall–Kier alpha value is -3.42. The van der Waals surface area contributed by atoms with Crippen molar-refractivity contribution in [3.8, 4) is 23.0 Å². The SMILES string of the molecule is O=C(NCc1ccc2c(c1)OCO2)C1CN(C(=O)c2ccc3c(c2)OCO3)C1. The molecule has 3 aliphatic heterocycles. The molecule has 2 aromatic carbocycles. The minimum absolute atomic E-state index is 0.0626. The summed E-state index contributed by atoms with van der Waals surface area (Å²) in [6.45, 7) is 1.60. The average molecular weight is 382 g/mol. The third kappa shape index (κ3) is 2.96. The van der Waals surface area contributed by atoms with E-state index in [0.717, 1.165) is 5.56 Å². The van der Waals surface area contributed by atoms with Gasteiger partial charge in [0.05, 0.1) is 5.92 Å². The van der Waals surface area contributed by atoms with Crippen LogP contribution in [0.5, 0.6) is 23.0 Å². The number of nitrogens with zero attached hydrogens (tertiary/aromatic N) is 1. The summed E-state index contributed by atoms with van der Waals surface area (Å²) in [4.78, 5) is 26.6. The number of carbonyl (C=O) groups excluding carboxylic acids is 2. The van der Waals surface area contributed by atoms with E-state index >= 15 is 0 Å². The standard InChI is InChI=1S/C20H18N2O6/c23-19(21-7-12-1-3-15-17(5-12)27-10-25-15)14-8-22(9-14)20(24)13-2-4-16-18(6-13)28-11-26-16/h1-6,14H,7-11H2,(H,21,23). The van der Waals surface area contributed by atoms with Gasteiger partial charge in [0.1, 0.15) is 0 Å². The van der Waals surface area contributed by atoms with Crippen molar-refractivity contribution < 1.29 is 28.5 Å². The summed E-state index contributed by atoms with van der Waals surface area (Å²) < 4.78 is 21.2. The maximum absolute atomic E-state index is 12.6. The van der Waals surface area contributed by atoms with Crippen LogP contribution in [0.4, 0.5) is 0 Å². The fourth-order valence-corrected chi connectivity index (χ4v) is 3.41. The van der Waals surface area contributed by atoms with E-state index in [1.165, 1.54) is 0 Å². The molecule has 1 N–H and O–H groups in total. The van der Waals surface area contributed by atoms with Crippen LogP contribution in [0.3, 0.4) is 0 Å². The molecular formula is C20H18N2O6. The molecule has 3 aliphatic rings. The van der Waals surface area contributed by atoms with E-state index in [4.69, 9.17) is 18.9 Å². The predicted molar refractivity (Wildman–Crippen MR) is 96.4 cm³/mol. The van der Waals surface area contributed by atoms with Gasteiger partial charge in [-0.05, 0) is 35.9 Å². The molecule has 0 aliphatic carbocycles. The van der Waals surface area contributed by atoms with E-state index in [9.17, 15) is 9.59 Å². The number of ether oxygens (including phenoxy) is 4. The lowest BCUT2D eigenvalue weighted by Gasteiger charge is -2.38. The second-order valence-corrected chi connectivity index (χ2v) is 6.88. The Balaban J connectivity index is 1.13. The smallest absolute Gasteiger partial charge is 0.254 e. The van der Waals surface area contributed by atoms with Crippen molar-refractivity contribution in [2.45, 2.75) is 6.54 Å². The van der Waals surface area contributed by atoms with Crippen LogP contribution >= 0.6 is 0 Å². The molecule has 0 unspecified atom stereocenters. The molecule has 144 valence electrons. The highest BCUT2D eigenvalue weighted by Crippen LogP contribution is 2.34. The number of fused-ring (bicyclic) bond motifs is 2. The predicted octanol–water partition coefficient (Wildman–Crippen LogP) is 1.53. The topological polar surface area (TPSA) is 86.3 Å². The molecule has 0 spiro atoms. The minimum Gasteiger partial charge on any atom is -0.454 e. The van der Waals surface area contributed by atoms with Crippen molar-refractivity contribution in [2.75, 3.05) is 26.7 Å². The van der Waals surface area contributed by atoms with E-state index in [1.54, 1.807) is 23.1 Å². The Morgan fingerprint density at radius 3 is 2.29 bits per heavy atom. The first-order valence-corrected chi connectivity index (χ1v) is 9.02. The first-order chi connectivity index (χ1) is 13.7. The molecule has 5 rings (SSSR count). The van der Waals surface area contributed by atoms with Gasteiger partial charge in [-0.15, -0.1) is 0 Å². The molecule has 0 aromatic heterocycles. The Labute approximate surface area is 160 Å². The molecule has 0 saturated carbocycles. The van der Waals surface area contributed by atoms with Gasteiger partial charge in [-0.25, -0.2) is 0 Å². The van der Waals surface area contributed by atoms with Gasteiger partial charge < -0.3 is 29.2 Å². The molecule has 3 heterocycles. The molecular weight excluding hydrogens is 364 g/mol. The van der Waals surface area contributed by atoms with Crippen molar-refractivity contribution in [1.82, 2.24) is 10.2 Å². The highest BCUT2D eigenvalue weighted by Gasteiger charge is 2.36. The highest BCUT2D eigenvalue weighted by atomic mass is 16.7. The van der Waals surface area contributed by atoms with Crippen LogP contribution in [0, 0.1) is 5.92 Å². The number of amides is 2. The van der Waals surface area contributed by atoms with Gasteiger partial charge in [-0.1, -0.05) is 6.07 Å². The second-order valence-electron chi connectivity index (χ2n) is 6.88. The highest BCUT2D eigenvalue weighted by molar-refractivity contribution is 5.96. The van der Waals surface area contributed by atoms with Crippen molar-refractivity contribution in [3.63, 3.8) is 0 Å². The van der Waals surface area contributed by atoms with E-state index in [-0.39, 0.29) is 31.3 Å². The third-order valence-electron chi connectivity index (χ3n) is 5.06. The summed E-state index contributed by atoms with van der Waals surface area (Å²) in [6, 6.07) is 10.7. The molecule has 0 bridgehead atoms. The van der Waals surface area contributed by atoms with Crippen LogP contribution in [0.15, 0.2) is 36.4 Å². The zero-order valence-electron chi connectivity index (χ0n) is 15.0. The van der Waals surface area contributed by atoms with Crippen molar-refractivity contribution in [2.24, 2.45) is 5.92 Å². The number of likely N-dealkylation sites (tertiary alicyclic amines) is 1. The van der Waals surface area contributed by atoms with E-state index in [0.29, 0.717) is 48.2 Å². The fraction of sp³-hybridized carbons (Fsp3) is 0.300. The summed E-state index contributed by atoms with van der Waals surface area (Å²) >= 11 is 0. The number of carbonyl (C=O) groups is 2. The summed E-state index contributed by atoms with van der Waals surface area (Å²) in [5, 5.41) is 2.92. The first kappa shape index (κ1) is 16.7. The summed E-state index contributed by atoms with van der Waals surface area (Å²) in [7, 11) is 0. The van der Waals surface area contributed by atoms with E-state index in [1.807, 2.05) is 18.2 Å². The summed E-state index contributed by atoms with van der Waals surface area (Å²) in [5.74, 6) is 2.24. The van der Waals surface area contributed by atoms with Gasteiger partial charge in [0, 0.05) is 25.2 Å². The molecule has 0 radical (unpaired) electrons. The van der Waals surface area contributed by atoms with Gasteiger partial charge in [0.15, 0.2) is 23.0 Å². The van der Waals surface area contributed by atoms with Crippen molar-refractivity contribution in [3.05, 3.63) is 47.5 Å². The van der Waals surface area contributed by atoms with Crippen LogP contribution in [0.25, 0.3) is 0 Å². The number of benzene rings is 2. The number of nitrogens with one attached hydrogen (secondary N) is 1. The van der Waals surface area contributed by atoms with Gasteiger partial charge in [-0.3, -0.25) is 9.59 Å². The van der Waals surface area contributed by atoms with Gasteiger partial charge in [0.2, 0.25) is 19.5 Å². The normalized spacial score (nSPS) is 16.6. The zero-order valence-corrected chi connectivity index (χ0v) is 15.0. The van der Waals surface area contributed by atoms with Gasteiger partial charge in [0.25, 0.3) is 5.91 Å². The average Bonchev–Trinajstić information content (AvgIpc) is 3.32. The van der Waals surface area contributed by atoms with Crippen LogP contribution < -0.4 is 24.3 Å². The Morgan fingerprint density at radius 1 is 0.893 bits per heavy atom. The second kappa shape index (κ2) is 6.63. The monoisotopic (exact) mass is 382 g/mol. The quantitative estimate of drug-likeness (QED) is 0.863. The van der Waals surface area contributed by atoms with E-state index in [2.05, 4.69) is 5.32 Å². The number of hydrogen-bond acceptors (Lipinski definition) is 6. The summed E-state index contributed by atoms with van der Waals surface area (Å²) in [6.07, 6.45) is 0. The molecule has 1 saturated heterocycles. The summed E-state index contributed by atoms with van der Waals surface area (Å²) in [5.41, 5.74) is 1.47. The van der Waals surface area contributed by atoms with E-state index < -0.39 is 0 Å². The first-order valence-electron chi connectivity index (χ1n) is 9.02. The Kier molecular flexibility index (Phi) is 3.96. The zero-order chi connectivity index (χ0) is 19.1. The van der Waals surface area contributed by atoms with Crippen LogP contribution in [0.2, 0.25) is 0 Å². The fourth-order valence-electron chi connectivity index (χ4n) is 3.41. The minimum atomic E-state index is -0.202. The Morgan fingerprint density at radius 2 is 1.54 bits per heavy atom. The van der Waals surface area contributed by atoms with Crippen molar-refractivity contribution >= 4 is 11.8 Å². The molecule has 1 fully saturated rings. The third-order valence-corrected chi connectivity index (χ3v) is 5.06. The molecule has 8 heteroatoms. The van der Waals surface area contributed by atoms with Crippen LogP contribution in [-0.4, -0.2) is 43.4 Å². The number of rotatable bonds is 4. The molecule has 0 atom stereocenters. The molecule has 2 aromatic rings. The van der Waals surface area contributed by atoms with Gasteiger partial charge >= 0.3 is 0 Å². The molecule has 2 amide bonds. The number of hydrogen-bond donors (Lipinski definition) is 1. The lowest BCUT2D eigenvalue weighted by Crippen LogP contribution is -2.55. The maximum atomic E-state index is 12.6. The Bertz CT molecular complexity index is 954. The lowest BCUT2D eigenvalue weighted by molar-refractivity contribution is -0.129. The molecule has 8 nitrogen and oxygen atoms in total. The van der Waals surface area contributed by atoms with Crippen LogP contribution in [-0.2, 0) is 11.3 Å². The lowest BCUT2D eigenvalue weighted by atomic mass is 9.97. The molecule has 28 heavy (non-hydrogen) atoms.